The lowest BCUT2D eigenvalue weighted by Gasteiger charge is -2.25. The van der Waals surface area contributed by atoms with Crippen molar-refractivity contribution in [2.75, 3.05) is 19.8 Å². The van der Waals surface area contributed by atoms with Crippen molar-refractivity contribution in [3.05, 3.63) is 23.3 Å². The standard InChI is InChI=1S/C13H19NO2/c1-9-3-4-11-13(16-8-7-15-11)12(9)10(2)5-6-14/h3-4,10H,5-8,14H2,1-2H3. The molecule has 88 valence electrons. The molecular weight excluding hydrogens is 202 g/mol. The Morgan fingerprint density at radius 3 is 2.81 bits per heavy atom. The van der Waals surface area contributed by atoms with Gasteiger partial charge in [-0.2, -0.15) is 0 Å². The molecule has 0 aromatic heterocycles. The van der Waals surface area contributed by atoms with Crippen molar-refractivity contribution in [1.29, 1.82) is 0 Å². The van der Waals surface area contributed by atoms with Crippen LogP contribution >= 0.6 is 0 Å². The van der Waals surface area contributed by atoms with Crippen LogP contribution < -0.4 is 15.2 Å². The van der Waals surface area contributed by atoms with Gasteiger partial charge < -0.3 is 15.2 Å². The SMILES string of the molecule is Cc1ccc2c(c1C(C)CCN)OCCO2. The summed E-state index contributed by atoms with van der Waals surface area (Å²) in [4.78, 5) is 0. The van der Waals surface area contributed by atoms with Gasteiger partial charge in [0.2, 0.25) is 0 Å². The zero-order valence-corrected chi connectivity index (χ0v) is 9.95. The first kappa shape index (κ1) is 11.3. The predicted octanol–water partition coefficient (Wildman–Crippen LogP) is 2.22. The van der Waals surface area contributed by atoms with E-state index in [0.717, 1.165) is 17.9 Å². The third-order valence-corrected chi connectivity index (χ3v) is 3.06. The Bertz CT molecular complexity index is 376. The van der Waals surface area contributed by atoms with E-state index in [0.29, 0.717) is 25.7 Å². The van der Waals surface area contributed by atoms with Gasteiger partial charge >= 0.3 is 0 Å². The van der Waals surface area contributed by atoms with Crippen molar-refractivity contribution < 1.29 is 9.47 Å². The monoisotopic (exact) mass is 221 g/mol. The second-order valence-corrected chi connectivity index (χ2v) is 4.30. The van der Waals surface area contributed by atoms with Crippen molar-refractivity contribution in [2.24, 2.45) is 5.73 Å². The molecule has 16 heavy (non-hydrogen) atoms. The van der Waals surface area contributed by atoms with Crippen LogP contribution in [0.3, 0.4) is 0 Å². The van der Waals surface area contributed by atoms with Crippen LogP contribution in [0.5, 0.6) is 11.5 Å². The molecule has 0 spiro atoms. The number of fused-ring (bicyclic) bond motifs is 1. The molecule has 3 nitrogen and oxygen atoms in total. The average molecular weight is 221 g/mol. The lowest BCUT2D eigenvalue weighted by Crippen LogP contribution is -2.18. The van der Waals surface area contributed by atoms with E-state index >= 15 is 0 Å². The minimum absolute atomic E-state index is 0.418. The molecule has 2 N–H and O–H groups in total. The first-order valence-electron chi connectivity index (χ1n) is 5.83. The first-order valence-corrected chi connectivity index (χ1v) is 5.83. The molecular formula is C13H19NO2. The van der Waals surface area contributed by atoms with Crippen molar-refractivity contribution >= 4 is 0 Å². The Morgan fingerprint density at radius 1 is 1.31 bits per heavy atom. The molecule has 1 unspecified atom stereocenters. The van der Waals surface area contributed by atoms with Crippen LogP contribution in [0, 0.1) is 6.92 Å². The van der Waals surface area contributed by atoms with Crippen LogP contribution in [0.25, 0.3) is 0 Å². The highest BCUT2D eigenvalue weighted by molar-refractivity contribution is 5.52. The fourth-order valence-electron chi connectivity index (χ4n) is 2.24. The number of ether oxygens (including phenoxy) is 2. The number of hydrogen-bond acceptors (Lipinski definition) is 3. The van der Waals surface area contributed by atoms with Crippen LogP contribution in [-0.2, 0) is 0 Å². The molecule has 0 radical (unpaired) electrons. The molecule has 0 fully saturated rings. The van der Waals surface area contributed by atoms with Crippen LogP contribution in [0.15, 0.2) is 12.1 Å². The molecule has 0 aliphatic carbocycles. The van der Waals surface area contributed by atoms with E-state index in [4.69, 9.17) is 15.2 Å². The number of hydrogen-bond donors (Lipinski definition) is 1. The summed E-state index contributed by atoms with van der Waals surface area (Å²) in [6, 6.07) is 4.08. The Hall–Kier alpha value is -1.22. The quantitative estimate of drug-likeness (QED) is 0.851. The summed E-state index contributed by atoms with van der Waals surface area (Å²) in [5.74, 6) is 2.21. The van der Waals surface area contributed by atoms with E-state index in [9.17, 15) is 0 Å². The summed E-state index contributed by atoms with van der Waals surface area (Å²) < 4.78 is 11.3. The highest BCUT2D eigenvalue weighted by Gasteiger charge is 2.21. The minimum Gasteiger partial charge on any atom is -0.486 e. The maximum Gasteiger partial charge on any atom is 0.165 e. The van der Waals surface area contributed by atoms with Crippen LogP contribution in [0.4, 0.5) is 0 Å². The van der Waals surface area contributed by atoms with E-state index in [-0.39, 0.29) is 0 Å². The molecule has 1 aliphatic heterocycles. The Morgan fingerprint density at radius 2 is 2.06 bits per heavy atom. The topological polar surface area (TPSA) is 44.5 Å². The Balaban J connectivity index is 2.41. The molecule has 1 aromatic carbocycles. The lowest BCUT2D eigenvalue weighted by atomic mass is 9.92. The summed E-state index contributed by atoms with van der Waals surface area (Å²) in [5, 5.41) is 0. The van der Waals surface area contributed by atoms with Gasteiger partial charge in [-0.3, -0.25) is 0 Å². The van der Waals surface area contributed by atoms with Crippen molar-refractivity contribution in [3.63, 3.8) is 0 Å². The predicted molar refractivity (Wildman–Crippen MR) is 64.3 cm³/mol. The van der Waals surface area contributed by atoms with Gasteiger partial charge in [-0.15, -0.1) is 0 Å². The molecule has 3 heteroatoms. The van der Waals surface area contributed by atoms with Crippen LogP contribution in [0.1, 0.15) is 30.4 Å². The van der Waals surface area contributed by atoms with Gasteiger partial charge in [0.05, 0.1) is 0 Å². The molecule has 1 heterocycles. The summed E-state index contributed by atoms with van der Waals surface area (Å²) in [6.45, 7) is 6.28. The molecule has 1 aliphatic rings. The summed E-state index contributed by atoms with van der Waals surface area (Å²) in [7, 11) is 0. The third kappa shape index (κ3) is 2.00. The zero-order chi connectivity index (χ0) is 11.5. The van der Waals surface area contributed by atoms with E-state index in [2.05, 4.69) is 19.9 Å². The van der Waals surface area contributed by atoms with Crippen molar-refractivity contribution in [2.45, 2.75) is 26.2 Å². The number of rotatable bonds is 3. The third-order valence-electron chi connectivity index (χ3n) is 3.06. The number of benzene rings is 1. The number of nitrogens with two attached hydrogens (primary N) is 1. The second kappa shape index (κ2) is 4.74. The van der Waals surface area contributed by atoms with Gasteiger partial charge in [0.1, 0.15) is 13.2 Å². The van der Waals surface area contributed by atoms with Crippen molar-refractivity contribution in [3.8, 4) is 11.5 Å². The van der Waals surface area contributed by atoms with Gasteiger partial charge in [0.15, 0.2) is 11.5 Å². The minimum atomic E-state index is 0.418. The van der Waals surface area contributed by atoms with Crippen molar-refractivity contribution in [1.82, 2.24) is 0 Å². The van der Waals surface area contributed by atoms with E-state index < -0.39 is 0 Å². The fourth-order valence-corrected chi connectivity index (χ4v) is 2.24. The van der Waals surface area contributed by atoms with Crippen LogP contribution in [-0.4, -0.2) is 19.8 Å². The highest BCUT2D eigenvalue weighted by atomic mass is 16.6. The zero-order valence-electron chi connectivity index (χ0n) is 9.95. The van der Waals surface area contributed by atoms with Gasteiger partial charge in [-0.1, -0.05) is 13.0 Å². The maximum atomic E-state index is 5.74. The van der Waals surface area contributed by atoms with Gasteiger partial charge in [-0.05, 0) is 37.4 Å². The van der Waals surface area contributed by atoms with E-state index in [1.165, 1.54) is 11.1 Å². The van der Waals surface area contributed by atoms with Gasteiger partial charge in [0, 0.05) is 5.56 Å². The first-order chi connectivity index (χ1) is 7.74. The largest absolute Gasteiger partial charge is 0.486 e. The molecule has 0 bridgehead atoms. The number of aryl methyl sites for hydroxylation is 1. The maximum absolute atomic E-state index is 5.74. The molecule has 1 aromatic rings. The average Bonchev–Trinajstić information content (AvgIpc) is 2.29. The highest BCUT2D eigenvalue weighted by Crippen LogP contribution is 2.40. The second-order valence-electron chi connectivity index (χ2n) is 4.30. The summed E-state index contributed by atoms with van der Waals surface area (Å²) >= 11 is 0. The fraction of sp³-hybridized carbons (Fsp3) is 0.538. The molecule has 2 rings (SSSR count). The molecule has 0 saturated heterocycles. The Kier molecular flexibility index (Phi) is 3.34. The van der Waals surface area contributed by atoms with Gasteiger partial charge in [-0.25, -0.2) is 0 Å². The van der Waals surface area contributed by atoms with Gasteiger partial charge in [0.25, 0.3) is 0 Å². The van der Waals surface area contributed by atoms with E-state index in [1.54, 1.807) is 0 Å². The lowest BCUT2D eigenvalue weighted by molar-refractivity contribution is 0.169. The smallest absolute Gasteiger partial charge is 0.165 e. The van der Waals surface area contributed by atoms with Crippen LogP contribution in [0.2, 0.25) is 0 Å². The normalized spacial score (nSPS) is 15.9. The molecule has 0 amide bonds. The van der Waals surface area contributed by atoms with E-state index in [1.807, 2.05) is 6.07 Å². The summed E-state index contributed by atoms with van der Waals surface area (Å²) in [5.41, 5.74) is 8.13. The molecule has 1 atom stereocenters. The Labute approximate surface area is 96.5 Å². The molecule has 0 saturated carbocycles. The summed E-state index contributed by atoms with van der Waals surface area (Å²) in [6.07, 6.45) is 0.973.